The molecule has 10 heteroatoms. The van der Waals surface area contributed by atoms with Crippen LogP contribution >= 0.6 is 0 Å². The summed E-state index contributed by atoms with van der Waals surface area (Å²) in [6.07, 6.45) is 2.16. The second kappa shape index (κ2) is 6.59. The van der Waals surface area contributed by atoms with E-state index in [0.717, 1.165) is 6.26 Å². The molecule has 0 aromatic carbocycles. The first-order valence-corrected chi connectivity index (χ1v) is 8.67. The van der Waals surface area contributed by atoms with E-state index < -0.39 is 26.5 Å². The first-order valence-electron chi connectivity index (χ1n) is 6.78. The van der Waals surface area contributed by atoms with Gasteiger partial charge in [0.1, 0.15) is 0 Å². The number of carbonyl (C=O) groups is 2. The zero-order valence-electron chi connectivity index (χ0n) is 13.4. The molecule has 4 N–H and O–H groups in total. The average Bonchev–Trinajstić information content (AvgIpc) is 2.69. The minimum absolute atomic E-state index is 0.00278. The predicted molar refractivity (Wildman–Crippen MR) is 83.7 cm³/mol. The normalized spacial score (nSPS) is 19.0. The summed E-state index contributed by atoms with van der Waals surface area (Å²) < 4.78 is 21.9. The van der Waals surface area contributed by atoms with Crippen molar-refractivity contribution >= 4 is 21.8 Å². The topological polar surface area (TPSA) is 133 Å². The van der Waals surface area contributed by atoms with E-state index in [1.165, 1.54) is 28.4 Å². The van der Waals surface area contributed by atoms with Crippen LogP contribution < -0.4 is 11.2 Å². The third-order valence-corrected chi connectivity index (χ3v) is 5.81. The number of carbonyl (C=O) groups excluding carboxylic acids is 2. The molecule has 0 bridgehead atoms. The molecule has 23 heavy (non-hydrogen) atoms. The van der Waals surface area contributed by atoms with Crippen LogP contribution in [0.2, 0.25) is 0 Å². The highest BCUT2D eigenvalue weighted by molar-refractivity contribution is 7.92. The summed E-state index contributed by atoms with van der Waals surface area (Å²) in [7, 11) is -3.81. The third kappa shape index (κ3) is 3.82. The smallest absolute Gasteiger partial charge is 0.328 e. The fourth-order valence-electron chi connectivity index (χ4n) is 2.11. The van der Waals surface area contributed by atoms with Crippen molar-refractivity contribution in [1.82, 2.24) is 15.3 Å². The third-order valence-electron chi connectivity index (χ3n) is 3.78. The van der Waals surface area contributed by atoms with E-state index >= 15 is 0 Å². The van der Waals surface area contributed by atoms with Crippen molar-refractivity contribution < 1.29 is 23.2 Å². The molecule has 130 valence electrons. The van der Waals surface area contributed by atoms with Crippen LogP contribution in [-0.2, 0) is 14.6 Å². The molecule has 1 heterocycles. The SMILES string of the molecule is C=C1CN(CCC(C)(C(=O)NO)S(C)(=O)=O)C(=O)N1/C=C(\C)N. The molecule has 1 aliphatic rings. The molecule has 0 aromatic rings. The molecule has 0 aliphatic carbocycles. The highest BCUT2D eigenvalue weighted by Gasteiger charge is 2.44. The van der Waals surface area contributed by atoms with Gasteiger partial charge in [-0.15, -0.1) is 0 Å². The van der Waals surface area contributed by atoms with Crippen LogP contribution in [0.5, 0.6) is 0 Å². The zero-order chi connectivity index (χ0) is 18.0. The van der Waals surface area contributed by atoms with E-state index in [9.17, 15) is 18.0 Å². The van der Waals surface area contributed by atoms with Crippen LogP contribution in [-0.4, -0.2) is 59.5 Å². The Labute approximate surface area is 135 Å². The summed E-state index contributed by atoms with van der Waals surface area (Å²) in [5, 5.41) is 8.77. The van der Waals surface area contributed by atoms with Gasteiger partial charge in [-0.05, 0) is 20.3 Å². The lowest BCUT2D eigenvalue weighted by molar-refractivity contribution is -0.131. The van der Waals surface area contributed by atoms with Crippen molar-refractivity contribution in [3.8, 4) is 0 Å². The van der Waals surface area contributed by atoms with Gasteiger partial charge in [0.25, 0.3) is 5.91 Å². The van der Waals surface area contributed by atoms with E-state index in [0.29, 0.717) is 11.4 Å². The Morgan fingerprint density at radius 2 is 2.13 bits per heavy atom. The number of urea groups is 1. The van der Waals surface area contributed by atoms with Crippen LogP contribution in [0.15, 0.2) is 24.2 Å². The molecule has 9 nitrogen and oxygen atoms in total. The van der Waals surface area contributed by atoms with Crippen molar-refractivity contribution in [2.24, 2.45) is 5.73 Å². The number of nitrogens with one attached hydrogen (secondary N) is 1. The van der Waals surface area contributed by atoms with Crippen molar-refractivity contribution in [2.75, 3.05) is 19.3 Å². The molecule has 0 aromatic heterocycles. The van der Waals surface area contributed by atoms with Gasteiger partial charge in [0.15, 0.2) is 14.6 Å². The predicted octanol–water partition coefficient (Wildman–Crippen LogP) is -0.243. The van der Waals surface area contributed by atoms with E-state index in [2.05, 4.69) is 6.58 Å². The quantitative estimate of drug-likeness (QED) is 0.449. The molecule has 1 rings (SSSR count). The molecule has 1 fully saturated rings. The standard InChI is InChI=1S/C13H22N4O5S/c1-9(14)7-17-10(2)8-16(12(17)19)6-5-13(3,11(18)15-20)23(4,21)22/h7,20H,2,5-6,8,14H2,1,3-4H3,(H,15,18)/b9-7+. The Kier molecular flexibility index (Phi) is 5.43. The number of hydrogen-bond donors (Lipinski definition) is 3. The van der Waals surface area contributed by atoms with Crippen LogP contribution in [0, 0.1) is 0 Å². The van der Waals surface area contributed by atoms with Gasteiger partial charge in [-0.3, -0.25) is 14.9 Å². The number of amides is 3. The molecular formula is C13H22N4O5S. The number of rotatable bonds is 6. The largest absolute Gasteiger partial charge is 0.401 e. The lowest BCUT2D eigenvalue weighted by Gasteiger charge is -2.27. The molecule has 3 amide bonds. The fourth-order valence-corrected chi connectivity index (χ4v) is 2.95. The summed E-state index contributed by atoms with van der Waals surface area (Å²) in [4.78, 5) is 26.6. The van der Waals surface area contributed by atoms with Gasteiger partial charge in [-0.2, -0.15) is 0 Å². The Hall–Kier alpha value is -2.07. The van der Waals surface area contributed by atoms with Crippen molar-refractivity contribution in [2.45, 2.75) is 25.0 Å². The highest BCUT2D eigenvalue weighted by Crippen LogP contribution is 2.25. The maximum atomic E-state index is 12.2. The fraction of sp³-hybridized carbons (Fsp3) is 0.538. The van der Waals surface area contributed by atoms with Crippen molar-refractivity contribution in [3.05, 3.63) is 24.2 Å². The van der Waals surface area contributed by atoms with E-state index in [1.807, 2.05) is 0 Å². The zero-order valence-corrected chi connectivity index (χ0v) is 14.2. The van der Waals surface area contributed by atoms with Crippen LogP contribution in [0.3, 0.4) is 0 Å². The Morgan fingerprint density at radius 3 is 2.57 bits per heavy atom. The van der Waals surface area contributed by atoms with E-state index in [4.69, 9.17) is 10.9 Å². The Balaban J connectivity index is 2.93. The monoisotopic (exact) mass is 346 g/mol. The maximum Gasteiger partial charge on any atom is 0.328 e. The molecule has 1 aliphatic heterocycles. The summed E-state index contributed by atoms with van der Waals surface area (Å²) in [6, 6.07) is -0.403. The molecule has 0 spiro atoms. The van der Waals surface area contributed by atoms with Gasteiger partial charge < -0.3 is 10.6 Å². The van der Waals surface area contributed by atoms with Gasteiger partial charge in [0, 0.05) is 30.4 Å². The number of allylic oxidation sites excluding steroid dienone is 1. The maximum absolute atomic E-state index is 12.2. The van der Waals surface area contributed by atoms with Crippen LogP contribution in [0.4, 0.5) is 4.79 Å². The van der Waals surface area contributed by atoms with Crippen molar-refractivity contribution in [1.29, 1.82) is 0 Å². The average molecular weight is 346 g/mol. The van der Waals surface area contributed by atoms with Gasteiger partial charge >= 0.3 is 6.03 Å². The number of nitrogens with two attached hydrogens (primary N) is 1. The summed E-state index contributed by atoms with van der Waals surface area (Å²) >= 11 is 0. The molecule has 1 atom stereocenters. The lowest BCUT2D eigenvalue weighted by atomic mass is 10.1. The van der Waals surface area contributed by atoms with Gasteiger partial charge in [-0.1, -0.05) is 6.58 Å². The second-order valence-electron chi connectivity index (χ2n) is 5.71. The summed E-state index contributed by atoms with van der Waals surface area (Å²) in [5.74, 6) is -1.04. The second-order valence-corrected chi connectivity index (χ2v) is 8.15. The summed E-state index contributed by atoms with van der Waals surface area (Å²) in [5.41, 5.74) is 7.83. The first-order chi connectivity index (χ1) is 10.4. The Morgan fingerprint density at radius 1 is 1.57 bits per heavy atom. The first kappa shape index (κ1) is 19.0. The highest BCUT2D eigenvalue weighted by atomic mass is 32.2. The number of sulfone groups is 1. The minimum atomic E-state index is -3.81. The van der Waals surface area contributed by atoms with Crippen molar-refractivity contribution in [3.63, 3.8) is 0 Å². The summed E-state index contributed by atoms with van der Waals surface area (Å²) in [6.45, 7) is 6.78. The minimum Gasteiger partial charge on any atom is -0.401 e. The number of hydroxylamine groups is 1. The molecular weight excluding hydrogens is 324 g/mol. The number of hydrogen-bond acceptors (Lipinski definition) is 6. The number of nitrogens with zero attached hydrogens (tertiary/aromatic N) is 2. The lowest BCUT2D eigenvalue weighted by Crippen LogP contribution is -2.51. The van der Waals surface area contributed by atoms with Gasteiger partial charge in [0.2, 0.25) is 0 Å². The van der Waals surface area contributed by atoms with Crippen LogP contribution in [0.1, 0.15) is 20.3 Å². The Bertz CT molecular complexity index is 653. The molecule has 0 saturated carbocycles. The van der Waals surface area contributed by atoms with E-state index in [-0.39, 0.29) is 19.5 Å². The van der Waals surface area contributed by atoms with Gasteiger partial charge in [-0.25, -0.2) is 18.7 Å². The molecule has 1 unspecified atom stereocenters. The van der Waals surface area contributed by atoms with Gasteiger partial charge in [0.05, 0.1) is 6.54 Å². The molecule has 0 radical (unpaired) electrons. The van der Waals surface area contributed by atoms with Crippen LogP contribution in [0.25, 0.3) is 0 Å². The van der Waals surface area contributed by atoms with E-state index in [1.54, 1.807) is 6.92 Å². The molecule has 1 saturated heterocycles.